The Balaban J connectivity index is 1.30. The largest absolute Gasteiger partial charge is 0.461 e. The molecular formula is C37H37F6N7O4S. The van der Waals surface area contributed by atoms with Gasteiger partial charge >= 0.3 is 18.3 Å². The number of amides is 1. The number of rotatable bonds is 8. The van der Waals surface area contributed by atoms with Crippen LogP contribution in [0.5, 0.6) is 6.01 Å². The van der Waals surface area contributed by atoms with Gasteiger partial charge in [0, 0.05) is 42.4 Å². The number of aromatic nitrogens is 2. The predicted octanol–water partition coefficient (Wildman–Crippen LogP) is 7.04. The van der Waals surface area contributed by atoms with E-state index in [9.17, 15) is 14.4 Å². The summed E-state index contributed by atoms with van der Waals surface area (Å²) in [5.74, 6) is -2.29. The number of hydrogen-bond donors (Lipinski definition) is 1. The third-order valence-corrected chi connectivity index (χ3v) is 12.5. The van der Waals surface area contributed by atoms with Gasteiger partial charge in [0.1, 0.15) is 41.0 Å². The van der Waals surface area contributed by atoms with Crippen molar-refractivity contribution in [3.63, 3.8) is 0 Å². The highest BCUT2D eigenvalue weighted by Gasteiger charge is 2.50. The molecule has 2 aromatic carbocycles. The standard InChI is InChI=1S/C37H37F6N7O4S/c1-3-49(26-7-10-50(18(26)2)35(51)54-20-15-52-16-20)33-22-11-24(37(41,42)43)28(21-5-6-25(39)31-27(21)23(13-44)32(45)55-31)29(40)30(22)46-34(47-33)53-17-36-8-4-9-48(36)14-19(38)12-36/h5-6,11,18-20,26H,3-4,7-10,12,14-17,45H2,1-2H3. The number of nitrogens with zero attached hydrogens (tertiary/aromatic N) is 6. The summed E-state index contributed by atoms with van der Waals surface area (Å²) in [6.45, 7) is 5.47. The summed E-state index contributed by atoms with van der Waals surface area (Å²) in [6.07, 6.45) is -5.07. The molecule has 55 heavy (non-hydrogen) atoms. The molecule has 6 heterocycles. The molecule has 292 valence electrons. The number of fused-ring (bicyclic) bond motifs is 3. The summed E-state index contributed by atoms with van der Waals surface area (Å²) in [6, 6.07) is 3.16. The summed E-state index contributed by atoms with van der Waals surface area (Å²) in [5, 5.41) is 9.23. The number of carbonyl (C=O) groups excluding carboxylic acids is 1. The summed E-state index contributed by atoms with van der Waals surface area (Å²) in [7, 11) is 0. The fraction of sp³-hybridized carbons (Fsp3) is 0.514. The first kappa shape index (κ1) is 37.3. The van der Waals surface area contributed by atoms with Crippen LogP contribution in [0.2, 0.25) is 0 Å². The van der Waals surface area contributed by atoms with Gasteiger partial charge in [-0.25, -0.2) is 18.0 Å². The van der Waals surface area contributed by atoms with E-state index in [1.54, 1.807) is 18.7 Å². The second kappa shape index (κ2) is 13.9. The molecule has 4 aliphatic heterocycles. The first-order chi connectivity index (χ1) is 26.2. The average molecular weight is 790 g/mol. The van der Waals surface area contributed by atoms with Gasteiger partial charge in [-0.3, -0.25) is 4.90 Å². The lowest BCUT2D eigenvalue weighted by Gasteiger charge is -2.35. The number of halogens is 6. The number of likely N-dealkylation sites (N-methyl/N-ethyl adjacent to an activating group) is 1. The van der Waals surface area contributed by atoms with Crippen molar-refractivity contribution in [1.82, 2.24) is 19.8 Å². The molecule has 2 aromatic heterocycles. The van der Waals surface area contributed by atoms with Gasteiger partial charge in [0.05, 0.1) is 46.7 Å². The minimum atomic E-state index is -5.15. The number of anilines is 2. The number of benzene rings is 2. The molecule has 11 nitrogen and oxygen atoms in total. The Morgan fingerprint density at radius 2 is 2.02 bits per heavy atom. The van der Waals surface area contributed by atoms with E-state index in [0.29, 0.717) is 30.7 Å². The van der Waals surface area contributed by atoms with E-state index in [2.05, 4.69) is 9.97 Å². The Labute approximate surface area is 315 Å². The van der Waals surface area contributed by atoms with Gasteiger partial charge in [-0.2, -0.15) is 28.4 Å². The normalized spacial score (nSPS) is 24.3. The number of nitriles is 1. The zero-order valence-electron chi connectivity index (χ0n) is 29.9. The fourth-order valence-corrected chi connectivity index (χ4v) is 9.70. The number of hydrogen-bond acceptors (Lipinski definition) is 11. The van der Waals surface area contributed by atoms with Gasteiger partial charge in [-0.05, 0) is 57.4 Å². The summed E-state index contributed by atoms with van der Waals surface area (Å²) >= 11 is 0.674. The minimum absolute atomic E-state index is 0.0395. The van der Waals surface area contributed by atoms with E-state index < -0.39 is 69.9 Å². The van der Waals surface area contributed by atoms with Crippen LogP contribution in [0.15, 0.2) is 18.2 Å². The van der Waals surface area contributed by atoms with E-state index in [-0.39, 0.29) is 89.8 Å². The number of carbonyl (C=O) groups is 1. The lowest BCUT2D eigenvalue weighted by molar-refractivity contribution is -0.137. The van der Waals surface area contributed by atoms with Crippen molar-refractivity contribution in [2.45, 2.75) is 75.6 Å². The van der Waals surface area contributed by atoms with Gasteiger partial charge < -0.3 is 29.7 Å². The van der Waals surface area contributed by atoms with E-state index in [1.165, 1.54) is 4.90 Å². The fourth-order valence-electron chi connectivity index (χ4n) is 8.75. The smallest absolute Gasteiger partial charge is 0.417 e. The second-order valence-electron chi connectivity index (χ2n) is 14.6. The third-order valence-electron chi connectivity index (χ3n) is 11.5. The van der Waals surface area contributed by atoms with Crippen LogP contribution in [-0.2, 0) is 15.7 Å². The highest BCUT2D eigenvalue weighted by atomic mass is 32.1. The number of ether oxygens (including phenoxy) is 3. The van der Waals surface area contributed by atoms with Gasteiger partial charge in [-0.1, -0.05) is 6.07 Å². The topological polar surface area (TPSA) is 130 Å². The Kier molecular flexibility index (Phi) is 9.40. The Bertz CT molecular complexity index is 2230. The Morgan fingerprint density at radius 3 is 2.71 bits per heavy atom. The van der Waals surface area contributed by atoms with Crippen molar-refractivity contribution >= 4 is 49.2 Å². The van der Waals surface area contributed by atoms with Gasteiger partial charge in [-0.15, -0.1) is 11.3 Å². The second-order valence-corrected chi connectivity index (χ2v) is 15.6. The maximum Gasteiger partial charge on any atom is 0.417 e. The lowest BCUT2D eigenvalue weighted by atomic mass is 9.92. The molecule has 4 aromatic rings. The molecule has 8 rings (SSSR count). The van der Waals surface area contributed by atoms with Crippen LogP contribution in [0.25, 0.3) is 32.1 Å². The van der Waals surface area contributed by atoms with Crippen LogP contribution >= 0.6 is 11.3 Å². The molecule has 1 amide bonds. The molecule has 18 heteroatoms. The molecule has 4 unspecified atom stereocenters. The van der Waals surface area contributed by atoms with Crippen molar-refractivity contribution in [3.8, 4) is 23.2 Å². The van der Waals surface area contributed by atoms with Crippen molar-refractivity contribution < 1.29 is 45.3 Å². The van der Waals surface area contributed by atoms with Crippen LogP contribution in [0.4, 0.5) is 42.0 Å². The van der Waals surface area contributed by atoms with Crippen LogP contribution in [0.1, 0.15) is 50.7 Å². The number of likely N-dealkylation sites (tertiary alicyclic amines) is 1. The summed E-state index contributed by atoms with van der Waals surface area (Å²) in [4.78, 5) is 27.3. The quantitative estimate of drug-likeness (QED) is 0.186. The molecule has 0 spiro atoms. The molecule has 4 saturated heterocycles. The Hall–Kier alpha value is -4.60. The molecule has 0 saturated carbocycles. The monoisotopic (exact) mass is 789 g/mol. The summed E-state index contributed by atoms with van der Waals surface area (Å²) in [5.41, 5.74) is 1.81. The van der Waals surface area contributed by atoms with E-state index in [4.69, 9.17) is 19.9 Å². The van der Waals surface area contributed by atoms with Gasteiger partial charge in [0.15, 0.2) is 11.9 Å². The van der Waals surface area contributed by atoms with Gasteiger partial charge in [0.2, 0.25) is 0 Å². The zero-order valence-corrected chi connectivity index (χ0v) is 30.7. The lowest BCUT2D eigenvalue weighted by Crippen LogP contribution is -2.48. The first-order valence-electron chi connectivity index (χ1n) is 18.1. The molecule has 2 N–H and O–H groups in total. The summed E-state index contributed by atoms with van der Waals surface area (Å²) < 4.78 is 109. The molecule has 4 atom stereocenters. The van der Waals surface area contributed by atoms with Crippen LogP contribution in [0, 0.1) is 23.0 Å². The number of thiophene rings is 1. The molecule has 0 aliphatic carbocycles. The van der Waals surface area contributed by atoms with Crippen LogP contribution in [0.3, 0.4) is 0 Å². The number of nitrogens with two attached hydrogens (primary N) is 1. The molecule has 0 radical (unpaired) electrons. The minimum Gasteiger partial charge on any atom is -0.461 e. The van der Waals surface area contributed by atoms with Crippen molar-refractivity contribution in [1.29, 1.82) is 5.26 Å². The average Bonchev–Trinajstić information content (AvgIpc) is 3.87. The maximum atomic E-state index is 17.3. The van der Waals surface area contributed by atoms with Gasteiger partial charge in [0.25, 0.3) is 0 Å². The zero-order chi connectivity index (χ0) is 39.0. The van der Waals surface area contributed by atoms with Crippen molar-refractivity contribution in [3.05, 3.63) is 41.0 Å². The molecular weight excluding hydrogens is 753 g/mol. The van der Waals surface area contributed by atoms with Crippen LogP contribution < -0.4 is 15.4 Å². The van der Waals surface area contributed by atoms with E-state index in [0.717, 1.165) is 24.6 Å². The molecule has 4 fully saturated rings. The molecule has 0 bridgehead atoms. The van der Waals surface area contributed by atoms with E-state index >= 15 is 22.0 Å². The van der Waals surface area contributed by atoms with Crippen molar-refractivity contribution in [2.75, 3.05) is 56.6 Å². The first-order valence-corrected chi connectivity index (χ1v) is 18.9. The Morgan fingerprint density at radius 1 is 1.24 bits per heavy atom. The number of nitrogen functional groups attached to an aromatic ring is 1. The van der Waals surface area contributed by atoms with Crippen molar-refractivity contribution in [2.24, 2.45) is 0 Å². The highest BCUT2D eigenvalue weighted by Crippen LogP contribution is 2.49. The number of alkyl halides is 4. The third kappa shape index (κ3) is 6.24. The van der Waals surface area contributed by atoms with Crippen LogP contribution in [-0.4, -0.2) is 102 Å². The molecule has 4 aliphatic rings. The predicted molar refractivity (Wildman–Crippen MR) is 192 cm³/mol. The maximum absolute atomic E-state index is 17.3. The highest BCUT2D eigenvalue weighted by molar-refractivity contribution is 7.23. The SMILES string of the molecule is CCN(c1nc(OCC23CCCN2CC(F)C3)nc2c(F)c(-c3ccc(F)c4sc(N)c(C#N)c34)c(C(F)(F)F)cc12)C1CCN(C(=O)OC2COC2)C1C. The van der Waals surface area contributed by atoms with E-state index in [1.807, 2.05) is 11.0 Å².